The van der Waals surface area contributed by atoms with Crippen LogP contribution in [-0.4, -0.2) is 71.5 Å². The van der Waals surface area contributed by atoms with E-state index in [0.29, 0.717) is 12.1 Å². The minimum Gasteiger partial charge on any atom is -0.395 e. The first-order chi connectivity index (χ1) is 8.78. The van der Waals surface area contributed by atoms with Gasteiger partial charge in [0.25, 0.3) is 0 Å². The van der Waals surface area contributed by atoms with Crippen LogP contribution in [0, 0.1) is 0 Å². The van der Waals surface area contributed by atoms with Crippen molar-refractivity contribution >= 4 is 0 Å². The van der Waals surface area contributed by atoms with Crippen molar-refractivity contribution in [1.82, 2.24) is 9.80 Å². The third-order valence-electron chi connectivity index (χ3n) is 4.22. The quantitative estimate of drug-likeness (QED) is 0.680. The first-order valence-corrected chi connectivity index (χ1v) is 7.48. The molecule has 1 fully saturated rings. The van der Waals surface area contributed by atoms with E-state index < -0.39 is 0 Å². The van der Waals surface area contributed by atoms with Crippen LogP contribution in [0.25, 0.3) is 0 Å². The highest BCUT2D eigenvalue weighted by Crippen LogP contribution is 2.27. The lowest BCUT2D eigenvalue weighted by Crippen LogP contribution is -2.54. The van der Waals surface area contributed by atoms with E-state index >= 15 is 0 Å². The van der Waals surface area contributed by atoms with Crippen molar-refractivity contribution in [3.63, 3.8) is 0 Å². The summed E-state index contributed by atoms with van der Waals surface area (Å²) in [7, 11) is 0. The summed E-state index contributed by atoms with van der Waals surface area (Å²) in [5.41, 5.74) is 0. The molecule has 4 nitrogen and oxygen atoms in total. The average molecular weight is 258 g/mol. The second-order valence-corrected chi connectivity index (χ2v) is 5.12. The summed E-state index contributed by atoms with van der Waals surface area (Å²) < 4.78 is 0. The van der Waals surface area contributed by atoms with Gasteiger partial charge in [0.15, 0.2) is 0 Å². The van der Waals surface area contributed by atoms with E-state index in [-0.39, 0.29) is 13.2 Å². The summed E-state index contributed by atoms with van der Waals surface area (Å²) >= 11 is 0. The Morgan fingerprint density at radius 2 is 1.22 bits per heavy atom. The van der Waals surface area contributed by atoms with Gasteiger partial charge in [-0.25, -0.2) is 0 Å². The molecule has 2 N–H and O–H groups in total. The summed E-state index contributed by atoms with van der Waals surface area (Å²) in [4.78, 5) is 4.81. The SMILES string of the molecule is CCN(CCO)C1CCCCC1N(CC)CCO. The molecular weight excluding hydrogens is 228 g/mol. The Morgan fingerprint density at radius 3 is 1.50 bits per heavy atom. The third kappa shape index (κ3) is 4.19. The van der Waals surface area contributed by atoms with Crippen LogP contribution in [-0.2, 0) is 0 Å². The number of hydrogen-bond acceptors (Lipinski definition) is 4. The van der Waals surface area contributed by atoms with Crippen LogP contribution in [0.5, 0.6) is 0 Å². The minimum atomic E-state index is 0.239. The summed E-state index contributed by atoms with van der Waals surface area (Å²) in [5, 5.41) is 18.4. The highest BCUT2D eigenvalue weighted by Gasteiger charge is 2.32. The fourth-order valence-corrected chi connectivity index (χ4v) is 3.32. The molecule has 18 heavy (non-hydrogen) atoms. The average Bonchev–Trinajstić information content (AvgIpc) is 2.42. The fraction of sp³-hybridized carbons (Fsp3) is 1.00. The van der Waals surface area contributed by atoms with Gasteiger partial charge in [-0.3, -0.25) is 9.80 Å². The Hall–Kier alpha value is -0.160. The van der Waals surface area contributed by atoms with Gasteiger partial charge in [-0.05, 0) is 25.9 Å². The van der Waals surface area contributed by atoms with Gasteiger partial charge in [-0.2, -0.15) is 0 Å². The van der Waals surface area contributed by atoms with Crippen molar-refractivity contribution in [3.05, 3.63) is 0 Å². The van der Waals surface area contributed by atoms with Gasteiger partial charge in [-0.15, -0.1) is 0 Å². The van der Waals surface area contributed by atoms with E-state index in [2.05, 4.69) is 23.6 Å². The van der Waals surface area contributed by atoms with Gasteiger partial charge in [-0.1, -0.05) is 26.7 Å². The summed E-state index contributed by atoms with van der Waals surface area (Å²) in [6.45, 7) is 8.36. The van der Waals surface area contributed by atoms with E-state index in [0.717, 1.165) is 26.2 Å². The summed E-state index contributed by atoms with van der Waals surface area (Å²) in [5.74, 6) is 0. The number of aliphatic hydroxyl groups excluding tert-OH is 2. The molecule has 0 aromatic heterocycles. The molecule has 0 bridgehead atoms. The van der Waals surface area contributed by atoms with Gasteiger partial charge in [0.2, 0.25) is 0 Å². The van der Waals surface area contributed by atoms with Crippen LogP contribution in [0.15, 0.2) is 0 Å². The zero-order valence-electron chi connectivity index (χ0n) is 12.0. The normalized spacial score (nSPS) is 25.0. The van der Waals surface area contributed by atoms with E-state index in [1.807, 2.05) is 0 Å². The minimum absolute atomic E-state index is 0.239. The Bertz CT molecular complexity index is 192. The van der Waals surface area contributed by atoms with Gasteiger partial charge in [0.05, 0.1) is 13.2 Å². The van der Waals surface area contributed by atoms with Crippen molar-refractivity contribution in [2.45, 2.75) is 51.6 Å². The molecule has 2 atom stereocenters. The lowest BCUT2D eigenvalue weighted by molar-refractivity contribution is 0.0358. The van der Waals surface area contributed by atoms with E-state index in [4.69, 9.17) is 0 Å². The lowest BCUT2D eigenvalue weighted by atomic mass is 9.87. The Kier molecular flexibility index (Phi) is 7.82. The molecule has 1 rings (SSSR count). The maximum Gasteiger partial charge on any atom is 0.0558 e. The predicted molar refractivity (Wildman–Crippen MR) is 74.7 cm³/mol. The smallest absolute Gasteiger partial charge is 0.0558 e. The Morgan fingerprint density at radius 1 is 0.833 bits per heavy atom. The van der Waals surface area contributed by atoms with Gasteiger partial charge >= 0.3 is 0 Å². The van der Waals surface area contributed by atoms with Crippen molar-refractivity contribution in [2.24, 2.45) is 0 Å². The number of hydrogen-bond donors (Lipinski definition) is 2. The molecule has 0 aromatic rings. The molecule has 0 aliphatic heterocycles. The van der Waals surface area contributed by atoms with Crippen LogP contribution in [0.3, 0.4) is 0 Å². The number of nitrogens with zero attached hydrogens (tertiary/aromatic N) is 2. The maximum absolute atomic E-state index is 9.19. The maximum atomic E-state index is 9.19. The van der Waals surface area contributed by atoms with Crippen LogP contribution < -0.4 is 0 Å². The van der Waals surface area contributed by atoms with Crippen LogP contribution >= 0.6 is 0 Å². The Labute approximate surface area is 112 Å². The molecular formula is C14H30N2O2. The molecule has 0 radical (unpaired) electrons. The van der Waals surface area contributed by atoms with Crippen LogP contribution in [0.2, 0.25) is 0 Å². The van der Waals surface area contributed by atoms with Gasteiger partial charge in [0.1, 0.15) is 0 Å². The zero-order chi connectivity index (χ0) is 13.4. The molecule has 2 unspecified atom stereocenters. The third-order valence-corrected chi connectivity index (χ3v) is 4.22. The molecule has 0 amide bonds. The van der Waals surface area contributed by atoms with Gasteiger partial charge < -0.3 is 10.2 Å². The molecule has 1 aliphatic carbocycles. The molecule has 108 valence electrons. The second-order valence-electron chi connectivity index (χ2n) is 5.12. The van der Waals surface area contributed by atoms with E-state index in [1.165, 1.54) is 25.7 Å². The standard InChI is InChI=1S/C14H30N2O2/c1-3-15(9-11-17)13-7-5-6-8-14(13)16(4-2)10-12-18/h13-14,17-18H,3-12H2,1-2H3. The molecule has 0 spiro atoms. The molecule has 0 heterocycles. The summed E-state index contributed by atoms with van der Waals surface area (Å²) in [6, 6.07) is 1.09. The predicted octanol–water partition coefficient (Wildman–Crippen LogP) is 0.926. The van der Waals surface area contributed by atoms with Crippen molar-refractivity contribution in [3.8, 4) is 0 Å². The monoisotopic (exact) mass is 258 g/mol. The van der Waals surface area contributed by atoms with E-state index in [1.54, 1.807) is 0 Å². The Balaban J connectivity index is 2.70. The van der Waals surface area contributed by atoms with Crippen molar-refractivity contribution in [1.29, 1.82) is 0 Å². The molecule has 0 saturated heterocycles. The topological polar surface area (TPSA) is 46.9 Å². The lowest BCUT2D eigenvalue weighted by Gasteiger charge is -2.44. The molecule has 4 heteroatoms. The van der Waals surface area contributed by atoms with E-state index in [9.17, 15) is 10.2 Å². The molecule has 0 aromatic carbocycles. The highest BCUT2D eigenvalue weighted by molar-refractivity contribution is 4.89. The first-order valence-electron chi connectivity index (χ1n) is 7.48. The second kappa shape index (κ2) is 8.86. The molecule has 1 saturated carbocycles. The number of aliphatic hydroxyl groups is 2. The van der Waals surface area contributed by atoms with Crippen LogP contribution in [0.1, 0.15) is 39.5 Å². The number of rotatable bonds is 8. The summed E-state index contributed by atoms with van der Waals surface area (Å²) in [6.07, 6.45) is 5.03. The first kappa shape index (κ1) is 15.9. The van der Waals surface area contributed by atoms with Crippen LogP contribution in [0.4, 0.5) is 0 Å². The molecule has 1 aliphatic rings. The number of likely N-dealkylation sites (N-methyl/N-ethyl adjacent to an activating group) is 2. The largest absolute Gasteiger partial charge is 0.395 e. The fourth-order valence-electron chi connectivity index (χ4n) is 3.32. The highest BCUT2D eigenvalue weighted by atomic mass is 16.3. The van der Waals surface area contributed by atoms with Crippen molar-refractivity contribution < 1.29 is 10.2 Å². The zero-order valence-corrected chi connectivity index (χ0v) is 12.0. The van der Waals surface area contributed by atoms with Crippen molar-refractivity contribution in [2.75, 3.05) is 39.4 Å². The van der Waals surface area contributed by atoms with Gasteiger partial charge in [0, 0.05) is 25.2 Å².